The summed E-state index contributed by atoms with van der Waals surface area (Å²) >= 11 is 0. The van der Waals surface area contributed by atoms with Crippen LogP contribution >= 0.6 is 0 Å². The van der Waals surface area contributed by atoms with Gasteiger partial charge in [-0.1, -0.05) is 12.8 Å². The second kappa shape index (κ2) is 5.99. The van der Waals surface area contributed by atoms with Crippen molar-refractivity contribution in [2.24, 2.45) is 0 Å². The molecule has 5 heteroatoms. The molecule has 0 radical (unpaired) electrons. The van der Waals surface area contributed by atoms with Crippen LogP contribution in [-0.2, 0) is 4.79 Å². The van der Waals surface area contributed by atoms with Crippen molar-refractivity contribution in [2.75, 3.05) is 23.8 Å². The number of Topliss-reactive ketones (excluding diaryl/α,β-unsaturated/α-hetero) is 1. The van der Waals surface area contributed by atoms with E-state index in [0.717, 1.165) is 17.5 Å². The summed E-state index contributed by atoms with van der Waals surface area (Å²) in [5.74, 6) is 2.49. The van der Waals surface area contributed by atoms with E-state index in [0.29, 0.717) is 12.6 Å². The Morgan fingerprint density at radius 3 is 2.74 bits per heavy atom. The average molecular weight is 262 g/mol. The molecule has 1 heterocycles. The molecule has 0 bridgehead atoms. The van der Waals surface area contributed by atoms with Crippen LogP contribution in [0, 0.1) is 6.92 Å². The highest BCUT2D eigenvalue weighted by Gasteiger charge is 2.21. The van der Waals surface area contributed by atoms with Gasteiger partial charge >= 0.3 is 0 Å². The lowest BCUT2D eigenvalue weighted by atomic mass is 10.2. The van der Waals surface area contributed by atoms with Crippen LogP contribution in [0.4, 0.5) is 11.6 Å². The fourth-order valence-electron chi connectivity index (χ4n) is 2.52. The third-order valence-corrected chi connectivity index (χ3v) is 3.58. The summed E-state index contributed by atoms with van der Waals surface area (Å²) in [6.45, 7) is 3.75. The topological polar surface area (TPSA) is 58.1 Å². The van der Waals surface area contributed by atoms with E-state index in [1.165, 1.54) is 25.7 Å². The molecular formula is C14H22N4O. The highest BCUT2D eigenvalue weighted by Crippen LogP contribution is 2.26. The number of hydrogen-bond acceptors (Lipinski definition) is 5. The predicted octanol–water partition coefficient (Wildman–Crippen LogP) is 2.16. The summed E-state index contributed by atoms with van der Waals surface area (Å²) in [4.78, 5) is 22.1. The van der Waals surface area contributed by atoms with E-state index in [1.54, 1.807) is 6.92 Å². The van der Waals surface area contributed by atoms with Gasteiger partial charge in [-0.3, -0.25) is 4.79 Å². The summed E-state index contributed by atoms with van der Waals surface area (Å²) in [5.41, 5.74) is 0. The van der Waals surface area contributed by atoms with Crippen LogP contribution in [0.5, 0.6) is 0 Å². The minimum atomic E-state index is 0.0990. The van der Waals surface area contributed by atoms with Gasteiger partial charge in [-0.05, 0) is 26.7 Å². The molecular weight excluding hydrogens is 240 g/mol. The molecule has 1 saturated carbocycles. The van der Waals surface area contributed by atoms with Gasteiger partial charge in [-0.2, -0.15) is 0 Å². The molecule has 1 aromatic rings. The number of rotatable bonds is 5. The average Bonchev–Trinajstić information content (AvgIpc) is 2.88. The van der Waals surface area contributed by atoms with Gasteiger partial charge in [0.25, 0.3) is 0 Å². The lowest BCUT2D eigenvalue weighted by Gasteiger charge is -2.25. The van der Waals surface area contributed by atoms with E-state index in [1.807, 2.05) is 13.0 Å². The van der Waals surface area contributed by atoms with E-state index < -0.39 is 0 Å². The fourth-order valence-corrected chi connectivity index (χ4v) is 2.52. The zero-order valence-electron chi connectivity index (χ0n) is 11.9. The zero-order valence-corrected chi connectivity index (χ0v) is 11.9. The highest BCUT2D eigenvalue weighted by atomic mass is 16.1. The molecule has 2 rings (SSSR count). The van der Waals surface area contributed by atoms with E-state index in [4.69, 9.17) is 0 Å². The van der Waals surface area contributed by atoms with E-state index in [-0.39, 0.29) is 5.78 Å². The van der Waals surface area contributed by atoms with Crippen LogP contribution < -0.4 is 10.2 Å². The third-order valence-electron chi connectivity index (χ3n) is 3.58. The number of anilines is 2. The Hall–Kier alpha value is -1.65. The Labute approximate surface area is 114 Å². The first-order chi connectivity index (χ1) is 9.06. The first-order valence-electron chi connectivity index (χ1n) is 6.88. The van der Waals surface area contributed by atoms with Crippen molar-refractivity contribution in [3.8, 4) is 0 Å². The molecule has 0 aliphatic heterocycles. The molecule has 1 fully saturated rings. The maximum atomic E-state index is 11.0. The van der Waals surface area contributed by atoms with Gasteiger partial charge in [0.2, 0.25) is 0 Å². The molecule has 0 saturated heterocycles. The molecule has 104 valence electrons. The standard InChI is InChI=1S/C14H22N4O/c1-10(19)9-15-13-8-14(17-11(2)16-13)18(3)12-6-4-5-7-12/h8,12H,4-7,9H2,1-3H3,(H,15,16,17). The number of carbonyl (C=O) groups excluding carboxylic acids is 1. The van der Waals surface area contributed by atoms with Gasteiger partial charge in [0.15, 0.2) is 0 Å². The second-order valence-corrected chi connectivity index (χ2v) is 5.26. The van der Waals surface area contributed by atoms with Crippen LogP contribution in [0.3, 0.4) is 0 Å². The van der Waals surface area contributed by atoms with E-state index in [9.17, 15) is 4.79 Å². The molecule has 0 amide bonds. The molecule has 1 aliphatic carbocycles. The van der Waals surface area contributed by atoms with Crippen LogP contribution in [0.2, 0.25) is 0 Å². The molecule has 19 heavy (non-hydrogen) atoms. The number of carbonyl (C=O) groups is 1. The smallest absolute Gasteiger partial charge is 0.148 e. The van der Waals surface area contributed by atoms with Crippen molar-refractivity contribution in [1.29, 1.82) is 0 Å². The summed E-state index contributed by atoms with van der Waals surface area (Å²) in [6.07, 6.45) is 5.06. The molecule has 5 nitrogen and oxygen atoms in total. The molecule has 1 N–H and O–H groups in total. The number of aromatic nitrogens is 2. The lowest BCUT2D eigenvalue weighted by Crippen LogP contribution is -2.30. The Balaban J connectivity index is 2.13. The van der Waals surface area contributed by atoms with Gasteiger partial charge < -0.3 is 10.2 Å². The maximum absolute atomic E-state index is 11.0. The summed E-state index contributed by atoms with van der Waals surface area (Å²) in [7, 11) is 2.09. The van der Waals surface area contributed by atoms with Crippen LogP contribution in [-0.4, -0.2) is 35.4 Å². The van der Waals surface area contributed by atoms with Crippen molar-refractivity contribution >= 4 is 17.4 Å². The van der Waals surface area contributed by atoms with E-state index >= 15 is 0 Å². The SMILES string of the molecule is CC(=O)CNc1cc(N(C)C2CCCC2)nc(C)n1. The van der Waals surface area contributed by atoms with Crippen molar-refractivity contribution in [2.45, 2.75) is 45.6 Å². The van der Waals surface area contributed by atoms with Gasteiger partial charge in [-0.25, -0.2) is 9.97 Å². The Morgan fingerprint density at radius 1 is 1.42 bits per heavy atom. The summed E-state index contributed by atoms with van der Waals surface area (Å²) in [5, 5.41) is 3.04. The maximum Gasteiger partial charge on any atom is 0.148 e. The number of aryl methyl sites for hydroxylation is 1. The largest absolute Gasteiger partial charge is 0.363 e. The van der Waals surface area contributed by atoms with Crippen molar-refractivity contribution in [3.05, 3.63) is 11.9 Å². The first kappa shape index (κ1) is 13.8. The van der Waals surface area contributed by atoms with Gasteiger partial charge in [0, 0.05) is 19.2 Å². The predicted molar refractivity (Wildman–Crippen MR) is 76.6 cm³/mol. The summed E-state index contributed by atoms with van der Waals surface area (Å²) < 4.78 is 0. The number of hydrogen-bond donors (Lipinski definition) is 1. The molecule has 1 aromatic heterocycles. The van der Waals surface area contributed by atoms with Crippen molar-refractivity contribution in [3.63, 3.8) is 0 Å². The fraction of sp³-hybridized carbons (Fsp3) is 0.643. The number of nitrogens with one attached hydrogen (secondary N) is 1. The monoisotopic (exact) mass is 262 g/mol. The quantitative estimate of drug-likeness (QED) is 0.881. The van der Waals surface area contributed by atoms with Crippen LogP contribution in [0.25, 0.3) is 0 Å². The van der Waals surface area contributed by atoms with Crippen LogP contribution in [0.1, 0.15) is 38.4 Å². The first-order valence-corrected chi connectivity index (χ1v) is 6.88. The lowest BCUT2D eigenvalue weighted by molar-refractivity contribution is -0.115. The molecule has 0 spiro atoms. The Bertz CT molecular complexity index is 455. The Morgan fingerprint density at radius 2 is 2.11 bits per heavy atom. The zero-order chi connectivity index (χ0) is 13.8. The minimum absolute atomic E-state index is 0.0990. The third kappa shape index (κ3) is 3.66. The summed E-state index contributed by atoms with van der Waals surface area (Å²) in [6, 6.07) is 2.50. The van der Waals surface area contributed by atoms with E-state index in [2.05, 4.69) is 27.2 Å². The van der Waals surface area contributed by atoms with Crippen LogP contribution in [0.15, 0.2) is 6.07 Å². The van der Waals surface area contributed by atoms with Gasteiger partial charge in [0.05, 0.1) is 6.54 Å². The Kier molecular flexibility index (Phi) is 4.35. The van der Waals surface area contributed by atoms with Gasteiger partial charge in [0.1, 0.15) is 23.2 Å². The molecule has 0 unspecified atom stereocenters. The number of nitrogens with zero attached hydrogens (tertiary/aromatic N) is 3. The van der Waals surface area contributed by atoms with Crippen molar-refractivity contribution in [1.82, 2.24) is 9.97 Å². The molecule has 1 aliphatic rings. The molecule has 0 atom stereocenters. The highest BCUT2D eigenvalue weighted by molar-refractivity contribution is 5.80. The molecule has 0 aromatic carbocycles. The minimum Gasteiger partial charge on any atom is -0.363 e. The number of ketones is 1. The van der Waals surface area contributed by atoms with Crippen molar-refractivity contribution < 1.29 is 4.79 Å². The second-order valence-electron chi connectivity index (χ2n) is 5.26. The van der Waals surface area contributed by atoms with Gasteiger partial charge in [-0.15, -0.1) is 0 Å². The normalized spacial score (nSPS) is 15.5.